The summed E-state index contributed by atoms with van der Waals surface area (Å²) in [4.78, 5) is 12.7. The van der Waals surface area contributed by atoms with Crippen LogP contribution in [0.5, 0.6) is 0 Å². The maximum absolute atomic E-state index is 12.7. The fourth-order valence-corrected chi connectivity index (χ4v) is 3.71. The number of methoxy groups -OCH3 is 1. The monoisotopic (exact) mass is 360 g/mol. The molecule has 0 saturated carbocycles. The van der Waals surface area contributed by atoms with Gasteiger partial charge in [-0.2, -0.15) is 0 Å². The lowest BCUT2D eigenvalue weighted by Gasteiger charge is -2.31. The summed E-state index contributed by atoms with van der Waals surface area (Å²) >= 11 is 0. The van der Waals surface area contributed by atoms with Crippen molar-refractivity contribution in [2.24, 2.45) is 5.41 Å². The zero-order valence-corrected chi connectivity index (χ0v) is 16.2. The van der Waals surface area contributed by atoms with Gasteiger partial charge in [0.1, 0.15) is 0 Å². The quantitative estimate of drug-likeness (QED) is 0.567. The highest BCUT2D eigenvalue weighted by atomic mass is 16.5. The molecule has 27 heavy (non-hydrogen) atoms. The van der Waals surface area contributed by atoms with Crippen LogP contribution in [0.1, 0.15) is 43.6 Å². The summed E-state index contributed by atoms with van der Waals surface area (Å²) < 4.78 is 11.4. The van der Waals surface area contributed by atoms with Gasteiger partial charge in [0.05, 0.1) is 12.0 Å². The first-order chi connectivity index (χ1) is 12.9. The Labute approximate surface area is 159 Å². The molecule has 0 radical (unpaired) electrons. The molecule has 4 rings (SSSR count). The first-order valence-corrected chi connectivity index (χ1v) is 9.25. The molecule has 3 aromatic rings. The third-order valence-corrected chi connectivity index (χ3v) is 5.06. The Kier molecular flexibility index (Phi) is 4.27. The zero-order valence-electron chi connectivity index (χ0n) is 16.2. The summed E-state index contributed by atoms with van der Waals surface area (Å²) in [5.74, 6) is -0.198. The largest absolute Gasteiger partial charge is 0.452 e. The van der Waals surface area contributed by atoms with Gasteiger partial charge in [0, 0.05) is 18.2 Å². The predicted octanol–water partition coefficient (Wildman–Crippen LogP) is 5.65. The van der Waals surface area contributed by atoms with Crippen LogP contribution in [0.15, 0.2) is 54.6 Å². The van der Waals surface area contributed by atoms with E-state index in [0.29, 0.717) is 6.61 Å². The molecule has 0 bridgehead atoms. The van der Waals surface area contributed by atoms with Crippen molar-refractivity contribution in [1.82, 2.24) is 0 Å². The van der Waals surface area contributed by atoms with E-state index >= 15 is 0 Å². The second-order valence-electron chi connectivity index (χ2n) is 8.14. The topological polar surface area (TPSA) is 35.5 Å². The van der Waals surface area contributed by atoms with Gasteiger partial charge in [-0.1, -0.05) is 48.5 Å². The number of carbonyl (C=O) groups is 1. The van der Waals surface area contributed by atoms with Crippen molar-refractivity contribution in [1.29, 1.82) is 0 Å². The van der Waals surface area contributed by atoms with E-state index in [1.165, 1.54) is 5.56 Å². The third-order valence-electron chi connectivity index (χ3n) is 5.06. The average molecular weight is 360 g/mol. The molecule has 0 spiro atoms. The van der Waals surface area contributed by atoms with Gasteiger partial charge in [-0.3, -0.25) is 4.79 Å². The number of benzene rings is 3. The fraction of sp³-hybridized carbons (Fsp3) is 0.292. The van der Waals surface area contributed by atoms with E-state index in [-0.39, 0.29) is 5.97 Å². The SMILES string of the molecule is COCc1ccc2c(c1)-c1cccc3cccc(c13)C2OC(=O)C(C)(C)C. The number of hydrogen-bond donors (Lipinski definition) is 0. The van der Waals surface area contributed by atoms with Crippen LogP contribution >= 0.6 is 0 Å². The highest BCUT2D eigenvalue weighted by Crippen LogP contribution is 2.46. The molecule has 138 valence electrons. The van der Waals surface area contributed by atoms with E-state index in [9.17, 15) is 4.79 Å². The Morgan fingerprint density at radius 2 is 1.70 bits per heavy atom. The number of carbonyl (C=O) groups excluding carboxylic acids is 1. The van der Waals surface area contributed by atoms with Crippen molar-refractivity contribution in [2.75, 3.05) is 7.11 Å². The van der Waals surface area contributed by atoms with Gasteiger partial charge >= 0.3 is 5.97 Å². The summed E-state index contributed by atoms with van der Waals surface area (Å²) in [7, 11) is 1.70. The van der Waals surface area contributed by atoms with E-state index in [1.807, 2.05) is 32.9 Å². The lowest BCUT2D eigenvalue weighted by Crippen LogP contribution is -2.26. The normalized spacial score (nSPS) is 15.5. The van der Waals surface area contributed by atoms with E-state index < -0.39 is 11.5 Å². The van der Waals surface area contributed by atoms with Gasteiger partial charge in [-0.15, -0.1) is 0 Å². The summed E-state index contributed by atoms with van der Waals surface area (Å²) in [5.41, 5.74) is 4.92. The van der Waals surface area contributed by atoms with Crippen molar-refractivity contribution < 1.29 is 14.3 Å². The zero-order chi connectivity index (χ0) is 19.2. The van der Waals surface area contributed by atoms with Crippen molar-refractivity contribution in [3.63, 3.8) is 0 Å². The van der Waals surface area contributed by atoms with Crippen LogP contribution in [0.25, 0.3) is 21.9 Å². The predicted molar refractivity (Wildman–Crippen MR) is 107 cm³/mol. The minimum atomic E-state index is -0.555. The Morgan fingerprint density at radius 1 is 0.963 bits per heavy atom. The third kappa shape index (κ3) is 3.02. The summed E-state index contributed by atoms with van der Waals surface area (Å²) in [6.45, 7) is 6.21. The van der Waals surface area contributed by atoms with Gasteiger partial charge in [0.25, 0.3) is 0 Å². The number of esters is 1. The molecule has 0 amide bonds. The van der Waals surface area contributed by atoms with Gasteiger partial charge in [0.15, 0.2) is 6.10 Å². The molecule has 1 atom stereocenters. The van der Waals surface area contributed by atoms with E-state index in [0.717, 1.165) is 33.0 Å². The van der Waals surface area contributed by atoms with E-state index in [4.69, 9.17) is 9.47 Å². The van der Waals surface area contributed by atoms with Crippen LogP contribution in [0.3, 0.4) is 0 Å². The highest BCUT2D eigenvalue weighted by Gasteiger charge is 2.33. The molecule has 0 fully saturated rings. The van der Waals surface area contributed by atoms with Crippen LogP contribution in [-0.4, -0.2) is 13.1 Å². The first-order valence-electron chi connectivity index (χ1n) is 9.25. The second-order valence-corrected chi connectivity index (χ2v) is 8.14. The summed E-state index contributed by atoms with van der Waals surface area (Å²) in [5, 5.41) is 2.32. The van der Waals surface area contributed by atoms with Gasteiger partial charge in [0.2, 0.25) is 0 Å². The molecule has 0 saturated heterocycles. The molecule has 0 heterocycles. The second kappa shape index (κ2) is 6.50. The Balaban J connectivity index is 1.95. The average Bonchev–Trinajstić information content (AvgIpc) is 2.64. The van der Waals surface area contributed by atoms with Crippen LogP contribution in [0.4, 0.5) is 0 Å². The van der Waals surface area contributed by atoms with Gasteiger partial charge < -0.3 is 9.47 Å². The molecule has 1 aliphatic rings. The maximum Gasteiger partial charge on any atom is 0.312 e. The van der Waals surface area contributed by atoms with E-state index in [2.05, 4.69) is 42.5 Å². The van der Waals surface area contributed by atoms with Crippen LogP contribution in [0, 0.1) is 5.41 Å². The summed E-state index contributed by atoms with van der Waals surface area (Å²) in [6, 6.07) is 18.8. The molecular weight excluding hydrogens is 336 g/mol. The molecule has 3 aromatic carbocycles. The Morgan fingerprint density at radius 3 is 2.41 bits per heavy atom. The molecule has 1 aliphatic carbocycles. The van der Waals surface area contributed by atoms with Crippen molar-refractivity contribution in [2.45, 2.75) is 33.5 Å². The molecule has 3 heteroatoms. The molecule has 0 aromatic heterocycles. The smallest absolute Gasteiger partial charge is 0.312 e. The number of rotatable bonds is 3. The Hall–Kier alpha value is -2.65. The van der Waals surface area contributed by atoms with Gasteiger partial charge in [-0.25, -0.2) is 0 Å². The molecule has 0 aliphatic heterocycles. The highest BCUT2D eigenvalue weighted by molar-refractivity contribution is 6.02. The van der Waals surface area contributed by atoms with E-state index in [1.54, 1.807) is 7.11 Å². The minimum Gasteiger partial charge on any atom is -0.452 e. The van der Waals surface area contributed by atoms with Crippen LogP contribution in [-0.2, 0) is 20.9 Å². The van der Waals surface area contributed by atoms with Crippen LogP contribution < -0.4 is 0 Å². The van der Waals surface area contributed by atoms with Crippen molar-refractivity contribution in [3.8, 4) is 11.1 Å². The van der Waals surface area contributed by atoms with Gasteiger partial charge in [-0.05, 0) is 54.3 Å². The van der Waals surface area contributed by atoms with Crippen molar-refractivity contribution in [3.05, 3.63) is 71.3 Å². The van der Waals surface area contributed by atoms with Crippen LogP contribution in [0.2, 0.25) is 0 Å². The number of ether oxygens (including phenoxy) is 2. The molecule has 0 N–H and O–H groups in total. The molecule has 1 unspecified atom stereocenters. The number of fused-ring (bicyclic) bond motifs is 2. The first kappa shape index (κ1) is 17.7. The lowest BCUT2D eigenvalue weighted by atomic mass is 9.81. The lowest BCUT2D eigenvalue weighted by molar-refractivity contribution is -0.157. The maximum atomic E-state index is 12.7. The fourth-order valence-electron chi connectivity index (χ4n) is 3.71. The molecular formula is C24H24O3. The minimum absolute atomic E-state index is 0.198. The standard InChI is InChI=1S/C24H24O3/c1-24(2,3)23(25)27-22-18-12-11-15(14-26-4)13-20(18)17-9-5-7-16-8-6-10-19(22)21(16)17/h5-13,22H,14H2,1-4H3. The van der Waals surface area contributed by atoms with Crippen molar-refractivity contribution >= 4 is 16.7 Å². The summed E-state index contributed by atoms with van der Waals surface area (Å²) in [6.07, 6.45) is -0.401. The Bertz CT molecular complexity index is 1020. The number of hydrogen-bond acceptors (Lipinski definition) is 3. The molecule has 3 nitrogen and oxygen atoms in total.